The quantitative estimate of drug-likeness (QED) is 0.853. The van der Waals surface area contributed by atoms with Gasteiger partial charge in [-0.15, -0.1) is 0 Å². The van der Waals surface area contributed by atoms with Gasteiger partial charge in [0.05, 0.1) is 24.1 Å². The molecule has 0 aliphatic carbocycles. The molecule has 6 nitrogen and oxygen atoms in total. The van der Waals surface area contributed by atoms with E-state index in [-0.39, 0.29) is 18.0 Å². The standard InChI is InChI=1S/C16H17N5O/c22-16-6-15-14(21(16)13-8-18-11-19-9-13)3-5-20(15)10-12-2-1-4-17-7-12/h1-2,4,7-9,11,14-15H,3,5-6,10H2. The van der Waals surface area contributed by atoms with Gasteiger partial charge in [-0.05, 0) is 18.1 Å². The molecular weight excluding hydrogens is 278 g/mol. The normalized spacial score (nSPS) is 24.7. The molecule has 2 atom stereocenters. The number of rotatable bonds is 3. The number of carbonyl (C=O) groups is 1. The van der Waals surface area contributed by atoms with Crippen molar-refractivity contribution in [2.24, 2.45) is 0 Å². The fourth-order valence-corrected chi connectivity index (χ4v) is 3.60. The Morgan fingerprint density at radius 3 is 2.77 bits per heavy atom. The first-order chi connectivity index (χ1) is 10.8. The summed E-state index contributed by atoms with van der Waals surface area (Å²) >= 11 is 0. The summed E-state index contributed by atoms with van der Waals surface area (Å²) in [6.07, 6.45) is 10.2. The van der Waals surface area contributed by atoms with Gasteiger partial charge in [0.2, 0.25) is 5.91 Å². The van der Waals surface area contributed by atoms with Gasteiger partial charge >= 0.3 is 0 Å². The second-order valence-corrected chi connectivity index (χ2v) is 5.82. The number of likely N-dealkylation sites (tertiary alicyclic amines) is 1. The largest absolute Gasteiger partial charge is 0.305 e. The van der Waals surface area contributed by atoms with Crippen LogP contribution < -0.4 is 4.90 Å². The van der Waals surface area contributed by atoms with Crippen molar-refractivity contribution in [2.75, 3.05) is 11.4 Å². The van der Waals surface area contributed by atoms with Gasteiger partial charge in [-0.2, -0.15) is 0 Å². The van der Waals surface area contributed by atoms with Gasteiger partial charge in [0.1, 0.15) is 6.33 Å². The number of aromatic nitrogens is 3. The molecule has 2 fully saturated rings. The minimum absolute atomic E-state index is 0.167. The van der Waals surface area contributed by atoms with Crippen LogP contribution in [0.2, 0.25) is 0 Å². The van der Waals surface area contributed by atoms with Crippen molar-refractivity contribution in [3.05, 3.63) is 48.8 Å². The Hall–Kier alpha value is -2.34. The van der Waals surface area contributed by atoms with E-state index in [4.69, 9.17) is 0 Å². The van der Waals surface area contributed by atoms with E-state index in [1.807, 2.05) is 17.2 Å². The van der Waals surface area contributed by atoms with Crippen molar-refractivity contribution in [2.45, 2.75) is 31.5 Å². The molecule has 0 radical (unpaired) electrons. The summed E-state index contributed by atoms with van der Waals surface area (Å²) in [6, 6.07) is 4.54. The molecule has 22 heavy (non-hydrogen) atoms. The lowest BCUT2D eigenvalue weighted by molar-refractivity contribution is -0.117. The number of amides is 1. The highest BCUT2D eigenvalue weighted by atomic mass is 16.2. The number of hydrogen-bond donors (Lipinski definition) is 0. The van der Waals surface area contributed by atoms with Gasteiger partial charge in [-0.1, -0.05) is 6.07 Å². The summed E-state index contributed by atoms with van der Waals surface area (Å²) in [6.45, 7) is 1.85. The van der Waals surface area contributed by atoms with Crippen LogP contribution in [-0.4, -0.2) is 44.4 Å². The predicted molar refractivity (Wildman–Crippen MR) is 81.0 cm³/mol. The lowest BCUT2D eigenvalue weighted by atomic mass is 10.1. The van der Waals surface area contributed by atoms with E-state index in [1.165, 1.54) is 11.9 Å². The van der Waals surface area contributed by atoms with Gasteiger partial charge in [-0.25, -0.2) is 9.97 Å². The summed E-state index contributed by atoms with van der Waals surface area (Å²) < 4.78 is 0. The zero-order valence-corrected chi connectivity index (χ0v) is 12.2. The Bertz CT molecular complexity index is 663. The molecular formula is C16H17N5O. The van der Waals surface area contributed by atoms with Crippen molar-refractivity contribution in [1.29, 1.82) is 0 Å². The zero-order valence-electron chi connectivity index (χ0n) is 12.2. The average Bonchev–Trinajstić information content (AvgIpc) is 3.08. The number of carbonyl (C=O) groups excluding carboxylic acids is 1. The third kappa shape index (κ3) is 2.25. The molecule has 1 amide bonds. The lowest BCUT2D eigenvalue weighted by Crippen LogP contribution is -2.37. The molecule has 6 heteroatoms. The minimum atomic E-state index is 0.167. The Morgan fingerprint density at radius 1 is 1.14 bits per heavy atom. The highest BCUT2D eigenvalue weighted by molar-refractivity contribution is 5.97. The zero-order chi connectivity index (χ0) is 14.9. The number of pyridine rings is 1. The van der Waals surface area contributed by atoms with Gasteiger partial charge in [-0.3, -0.25) is 14.7 Å². The Morgan fingerprint density at radius 2 is 2.00 bits per heavy atom. The van der Waals surface area contributed by atoms with Crippen LogP contribution in [0.5, 0.6) is 0 Å². The smallest absolute Gasteiger partial charge is 0.229 e. The van der Waals surface area contributed by atoms with Crippen LogP contribution in [0.3, 0.4) is 0 Å². The fourth-order valence-electron chi connectivity index (χ4n) is 3.60. The summed E-state index contributed by atoms with van der Waals surface area (Å²) in [5.74, 6) is 0.167. The molecule has 0 N–H and O–H groups in total. The third-order valence-electron chi connectivity index (χ3n) is 4.54. The van der Waals surface area contributed by atoms with E-state index in [0.29, 0.717) is 6.42 Å². The third-order valence-corrected chi connectivity index (χ3v) is 4.54. The molecule has 0 aromatic carbocycles. The molecule has 2 aliphatic rings. The second kappa shape index (κ2) is 5.46. The van der Waals surface area contributed by atoms with Crippen LogP contribution in [0, 0.1) is 0 Å². The van der Waals surface area contributed by atoms with Crippen LogP contribution in [0.25, 0.3) is 0 Å². The molecule has 112 valence electrons. The van der Waals surface area contributed by atoms with E-state index in [1.54, 1.807) is 18.6 Å². The predicted octanol–water partition coefficient (Wildman–Crippen LogP) is 1.25. The van der Waals surface area contributed by atoms with E-state index in [2.05, 4.69) is 25.9 Å². The Labute approximate surface area is 128 Å². The van der Waals surface area contributed by atoms with Crippen molar-refractivity contribution >= 4 is 11.6 Å². The van der Waals surface area contributed by atoms with Gasteiger partial charge in [0.15, 0.2) is 0 Å². The Kier molecular flexibility index (Phi) is 3.31. The van der Waals surface area contributed by atoms with E-state index < -0.39 is 0 Å². The first-order valence-corrected chi connectivity index (χ1v) is 7.53. The molecule has 2 aromatic rings. The SMILES string of the molecule is O=C1CC2C(CCN2Cc2cccnc2)N1c1cncnc1. The average molecular weight is 295 g/mol. The van der Waals surface area contributed by atoms with Crippen LogP contribution in [0.15, 0.2) is 43.2 Å². The molecule has 0 saturated carbocycles. The molecule has 0 spiro atoms. The monoisotopic (exact) mass is 295 g/mol. The maximum atomic E-state index is 12.4. The van der Waals surface area contributed by atoms with Crippen LogP contribution in [0.4, 0.5) is 5.69 Å². The van der Waals surface area contributed by atoms with Crippen molar-refractivity contribution in [3.8, 4) is 0 Å². The topological polar surface area (TPSA) is 62.2 Å². The number of nitrogens with zero attached hydrogens (tertiary/aromatic N) is 5. The summed E-state index contributed by atoms with van der Waals surface area (Å²) in [4.78, 5) is 28.9. The van der Waals surface area contributed by atoms with Crippen molar-refractivity contribution < 1.29 is 4.79 Å². The van der Waals surface area contributed by atoms with Gasteiger partial charge in [0.25, 0.3) is 0 Å². The first kappa shape index (κ1) is 13.3. The second-order valence-electron chi connectivity index (χ2n) is 5.82. The molecule has 0 bridgehead atoms. The van der Waals surface area contributed by atoms with E-state index in [9.17, 15) is 4.79 Å². The van der Waals surface area contributed by atoms with Crippen molar-refractivity contribution in [3.63, 3.8) is 0 Å². The van der Waals surface area contributed by atoms with Crippen molar-refractivity contribution in [1.82, 2.24) is 19.9 Å². The maximum Gasteiger partial charge on any atom is 0.229 e. The summed E-state index contributed by atoms with van der Waals surface area (Å²) in [5.41, 5.74) is 2.00. The van der Waals surface area contributed by atoms with Gasteiger partial charge < -0.3 is 4.90 Å². The summed E-state index contributed by atoms with van der Waals surface area (Å²) in [5, 5.41) is 0. The molecule has 2 aliphatic heterocycles. The molecule has 4 rings (SSSR count). The minimum Gasteiger partial charge on any atom is -0.305 e. The first-order valence-electron chi connectivity index (χ1n) is 7.53. The summed E-state index contributed by atoms with van der Waals surface area (Å²) in [7, 11) is 0. The molecule has 2 aromatic heterocycles. The Balaban J connectivity index is 1.54. The van der Waals surface area contributed by atoms with Gasteiger partial charge in [0, 0.05) is 37.9 Å². The van der Waals surface area contributed by atoms with E-state index in [0.717, 1.165) is 25.2 Å². The van der Waals surface area contributed by atoms with E-state index >= 15 is 0 Å². The highest BCUT2D eigenvalue weighted by Crippen LogP contribution is 2.36. The molecule has 4 heterocycles. The van der Waals surface area contributed by atoms with Crippen LogP contribution in [-0.2, 0) is 11.3 Å². The maximum absolute atomic E-state index is 12.4. The van der Waals surface area contributed by atoms with Crippen LogP contribution in [0.1, 0.15) is 18.4 Å². The number of anilines is 1. The fraction of sp³-hybridized carbons (Fsp3) is 0.375. The van der Waals surface area contributed by atoms with Crippen LogP contribution >= 0.6 is 0 Å². The molecule has 2 saturated heterocycles. The number of hydrogen-bond acceptors (Lipinski definition) is 5. The highest BCUT2D eigenvalue weighted by Gasteiger charge is 2.47. The number of fused-ring (bicyclic) bond motifs is 1. The molecule has 2 unspecified atom stereocenters. The lowest BCUT2D eigenvalue weighted by Gasteiger charge is -2.25.